The van der Waals surface area contributed by atoms with Gasteiger partial charge >= 0.3 is 11.7 Å². The van der Waals surface area contributed by atoms with Crippen molar-refractivity contribution in [2.75, 3.05) is 26.1 Å². The lowest BCUT2D eigenvalue weighted by atomic mass is 10.0. The number of fused-ring (bicyclic) bond motifs is 1. The number of methoxy groups -OCH3 is 1. The molecule has 0 aliphatic heterocycles. The van der Waals surface area contributed by atoms with Gasteiger partial charge in [0.2, 0.25) is 0 Å². The summed E-state index contributed by atoms with van der Waals surface area (Å²) in [6.45, 7) is 4.00. The third-order valence-electron chi connectivity index (χ3n) is 6.01. The van der Waals surface area contributed by atoms with Crippen molar-refractivity contribution in [3.8, 4) is 5.69 Å². The summed E-state index contributed by atoms with van der Waals surface area (Å²) in [5, 5.41) is 3.27. The first-order valence-electron chi connectivity index (χ1n) is 12.5. The average Bonchev–Trinajstić information content (AvgIpc) is 2.94. The minimum atomic E-state index is -1.04. The highest BCUT2D eigenvalue weighted by Gasteiger charge is 2.25. The number of hydrogen-bond acceptors (Lipinski definition) is 6. The van der Waals surface area contributed by atoms with E-state index in [1.807, 2.05) is 38.9 Å². The molecule has 0 bridgehead atoms. The molecule has 4 rings (SSSR count). The van der Waals surface area contributed by atoms with Crippen LogP contribution in [0.1, 0.15) is 29.8 Å². The largest absolute Gasteiger partial charge is 0.467 e. The molecule has 40 heavy (non-hydrogen) atoms. The predicted octanol–water partition coefficient (Wildman–Crippen LogP) is 4.59. The van der Waals surface area contributed by atoms with E-state index in [0.29, 0.717) is 22.2 Å². The van der Waals surface area contributed by atoms with E-state index in [2.05, 4.69) is 10.3 Å². The van der Waals surface area contributed by atoms with Gasteiger partial charge in [0.05, 0.1) is 39.3 Å². The molecule has 1 atom stereocenters. The maximum absolute atomic E-state index is 13.2. The molecule has 1 unspecified atom stereocenters. The SMILES string of the molecule is CC.COC(=O)C(Cc1ccc(-n2c(=O)[nH]c3ccc(N(C)C)cc3c2=O)cc1)NC(=O)c1c(Cl)cccc1Cl. The Morgan fingerprint density at radius 3 is 2.20 bits per heavy atom. The Kier molecular flexibility index (Phi) is 10.1. The maximum Gasteiger partial charge on any atom is 0.333 e. The zero-order chi connectivity index (χ0) is 29.6. The second-order valence-corrected chi connectivity index (χ2v) is 9.53. The molecule has 210 valence electrons. The van der Waals surface area contributed by atoms with E-state index >= 15 is 0 Å². The molecule has 0 aliphatic carbocycles. The van der Waals surface area contributed by atoms with Gasteiger partial charge in [-0.15, -0.1) is 0 Å². The lowest BCUT2D eigenvalue weighted by Crippen LogP contribution is -2.43. The van der Waals surface area contributed by atoms with Gasteiger partial charge in [-0.3, -0.25) is 9.59 Å². The number of nitrogens with one attached hydrogen (secondary N) is 2. The van der Waals surface area contributed by atoms with Crippen molar-refractivity contribution >= 4 is 51.7 Å². The van der Waals surface area contributed by atoms with Gasteiger partial charge in [0.1, 0.15) is 6.04 Å². The lowest BCUT2D eigenvalue weighted by molar-refractivity contribution is -0.142. The van der Waals surface area contributed by atoms with Gasteiger partial charge in [-0.2, -0.15) is 0 Å². The second-order valence-electron chi connectivity index (χ2n) is 8.71. The van der Waals surface area contributed by atoms with Gasteiger partial charge in [-0.25, -0.2) is 14.2 Å². The number of aromatic nitrogens is 2. The summed E-state index contributed by atoms with van der Waals surface area (Å²) in [7, 11) is 4.93. The number of halogens is 2. The number of benzene rings is 3. The summed E-state index contributed by atoms with van der Waals surface area (Å²) >= 11 is 12.2. The minimum absolute atomic E-state index is 0.0485. The van der Waals surface area contributed by atoms with Gasteiger partial charge < -0.3 is 19.9 Å². The second kappa shape index (κ2) is 13.3. The quantitative estimate of drug-likeness (QED) is 0.307. The number of hydrogen-bond donors (Lipinski definition) is 2. The first-order chi connectivity index (χ1) is 19.1. The van der Waals surface area contributed by atoms with Gasteiger partial charge in [0.15, 0.2) is 0 Å². The van der Waals surface area contributed by atoms with Crippen LogP contribution in [0.2, 0.25) is 10.0 Å². The number of aromatic amines is 1. The van der Waals surface area contributed by atoms with Crippen LogP contribution in [0, 0.1) is 0 Å². The Labute approximate surface area is 241 Å². The molecule has 1 heterocycles. The van der Waals surface area contributed by atoms with Crippen LogP contribution in [0.5, 0.6) is 0 Å². The van der Waals surface area contributed by atoms with Crippen LogP contribution < -0.4 is 21.5 Å². The highest BCUT2D eigenvalue weighted by atomic mass is 35.5. The molecule has 0 saturated heterocycles. The lowest BCUT2D eigenvalue weighted by Gasteiger charge is -2.18. The van der Waals surface area contributed by atoms with Crippen LogP contribution in [0.3, 0.4) is 0 Å². The van der Waals surface area contributed by atoms with E-state index in [4.69, 9.17) is 27.9 Å². The first kappa shape index (κ1) is 30.5. The molecule has 0 fully saturated rings. The molecule has 3 aromatic carbocycles. The molecular formula is C29H30Cl2N4O5. The number of carbonyl (C=O) groups is 2. The Balaban J connectivity index is 0.00000216. The summed E-state index contributed by atoms with van der Waals surface area (Å²) in [5.74, 6) is -1.29. The standard InChI is InChI=1S/C27H24Cl2N4O5.C2H6/c1-32(2)17-11-12-21-18(14-17)25(35)33(27(37)31-21)16-9-7-15(8-10-16)13-22(26(36)38-3)30-24(34)23-19(28)5-4-6-20(23)29;1-2/h4-12,14,22H,13H2,1-3H3,(H,30,34)(H,31,37);1-2H3. The van der Waals surface area contributed by atoms with Crippen molar-refractivity contribution in [1.82, 2.24) is 14.9 Å². The third-order valence-corrected chi connectivity index (χ3v) is 6.64. The van der Waals surface area contributed by atoms with Gasteiger partial charge in [0, 0.05) is 26.2 Å². The van der Waals surface area contributed by atoms with E-state index in [9.17, 15) is 19.2 Å². The van der Waals surface area contributed by atoms with Gasteiger partial charge in [-0.05, 0) is 48.0 Å². The number of nitrogens with zero attached hydrogens (tertiary/aromatic N) is 2. The monoisotopic (exact) mass is 584 g/mol. The van der Waals surface area contributed by atoms with Crippen molar-refractivity contribution in [2.24, 2.45) is 0 Å². The summed E-state index contributed by atoms with van der Waals surface area (Å²) in [4.78, 5) is 55.8. The molecular weight excluding hydrogens is 555 g/mol. The van der Waals surface area contributed by atoms with Crippen LogP contribution in [0.25, 0.3) is 16.6 Å². The highest BCUT2D eigenvalue weighted by Crippen LogP contribution is 2.24. The Morgan fingerprint density at radius 1 is 1.00 bits per heavy atom. The van der Waals surface area contributed by atoms with Crippen molar-refractivity contribution < 1.29 is 14.3 Å². The van der Waals surface area contributed by atoms with Crippen LogP contribution in [-0.2, 0) is 16.0 Å². The third kappa shape index (κ3) is 6.55. The number of carbonyl (C=O) groups excluding carboxylic acids is 2. The fraction of sp³-hybridized carbons (Fsp3) is 0.241. The number of H-pyrrole nitrogens is 1. The van der Waals surface area contributed by atoms with E-state index in [1.54, 1.807) is 42.5 Å². The molecule has 11 heteroatoms. The van der Waals surface area contributed by atoms with E-state index in [0.717, 1.165) is 10.3 Å². The van der Waals surface area contributed by atoms with Crippen LogP contribution in [0.4, 0.5) is 5.69 Å². The number of anilines is 1. The zero-order valence-electron chi connectivity index (χ0n) is 22.7. The molecule has 9 nitrogen and oxygen atoms in total. The van der Waals surface area contributed by atoms with Crippen molar-refractivity contribution in [1.29, 1.82) is 0 Å². The highest BCUT2D eigenvalue weighted by molar-refractivity contribution is 6.39. The van der Waals surface area contributed by atoms with E-state index < -0.39 is 29.2 Å². The summed E-state index contributed by atoms with van der Waals surface area (Å²) in [5.41, 5.74) is 1.26. The normalized spacial score (nSPS) is 11.3. The molecule has 0 saturated carbocycles. The van der Waals surface area contributed by atoms with Gasteiger partial charge in [-0.1, -0.05) is 55.2 Å². The molecule has 4 aromatic rings. The van der Waals surface area contributed by atoms with Crippen molar-refractivity contribution in [3.05, 3.63) is 103 Å². The van der Waals surface area contributed by atoms with Crippen molar-refractivity contribution in [3.63, 3.8) is 0 Å². The minimum Gasteiger partial charge on any atom is -0.467 e. The maximum atomic E-state index is 13.2. The smallest absolute Gasteiger partial charge is 0.333 e. The molecule has 0 spiro atoms. The average molecular weight is 585 g/mol. The number of amides is 1. The van der Waals surface area contributed by atoms with E-state index in [-0.39, 0.29) is 22.0 Å². The fourth-order valence-corrected chi connectivity index (χ4v) is 4.58. The number of esters is 1. The fourth-order valence-electron chi connectivity index (χ4n) is 4.01. The summed E-state index contributed by atoms with van der Waals surface area (Å²) in [6.07, 6.45) is 0.0793. The Bertz CT molecular complexity index is 1630. The molecule has 0 radical (unpaired) electrons. The first-order valence-corrected chi connectivity index (χ1v) is 13.2. The van der Waals surface area contributed by atoms with Crippen LogP contribution >= 0.6 is 23.2 Å². The molecule has 1 amide bonds. The van der Waals surface area contributed by atoms with E-state index in [1.165, 1.54) is 19.2 Å². The molecule has 1 aromatic heterocycles. The number of ether oxygens (including phenoxy) is 1. The predicted molar refractivity (Wildman–Crippen MR) is 159 cm³/mol. The van der Waals surface area contributed by atoms with Gasteiger partial charge in [0.25, 0.3) is 11.5 Å². The molecule has 2 N–H and O–H groups in total. The van der Waals surface area contributed by atoms with Crippen LogP contribution in [-0.4, -0.2) is 48.7 Å². The zero-order valence-corrected chi connectivity index (χ0v) is 24.3. The van der Waals surface area contributed by atoms with Crippen molar-refractivity contribution in [2.45, 2.75) is 26.3 Å². The Morgan fingerprint density at radius 2 is 1.62 bits per heavy atom. The Hall–Kier alpha value is -4.08. The topological polar surface area (TPSA) is 114 Å². The number of rotatable bonds is 7. The van der Waals surface area contributed by atoms with Crippen LogP contribution in [0.15, 0.2) is 70.3 Å². The molecule has 0 aliphatic rings. The summed E-state index contributed by atoms with van der Waals surface area (Å²) < 4.78 is 5.91. The summed E-state index contributed by atoms with van der Waals surface area (Å²) in [6, 6.07) is 15.3.